The number of aromatic nitrogens is 6. The van der Waals surface area contributed by atoms with Gasteiger partial charge < -0.3 is 19.6 Å². The van der Waals surface area contributed by atoms with Gasteiger partial charge in [0.1, 0.15) is 0 Å². The van der Waals surface area contributed by atoms with Gasteiger partial charge in [-0.3, -0.25) is 19.9 Å². The summed E-state index contributed by atoms with van der Waals surface area (Å²) in [6.45, 7) is 0. The van der Waals surface area contributed by atoms with Gasteiger partial charge in [0.25, 0.3) is 0 Å². The van der Waals surface area contributed by atoms with Gasteiger partial charge in [0, 0.05) is 56.4 Å². The lowest BCUT2D eigenvalue weighted by Crippen LogP contribution is -2.08. The standard InChI is InChI=1S/C40H44N10/c1-47(2)33-17-9-29(41-25-33)13-21-37-38(22-14-30-10-18-34(26-42-30)48(3)4)46-40(24-16-32-12-20-36(28-44-32)50(7)8)39(45-37)23-15-31-11-19-35(27-43-31)49(5)6/h9-28H,1-8H3. The van der Waals surface area contributed by atoms with Crippen molar-refractivity contribution in [3.63, 3.8) is 0 Å². The monoisotopic (exact) mass is 664 g/mol. The molecule has 5 aromatic rings. The van der Waals surface area contributed by atoms with Gasteiger partial charge in [-0.2, -0.15) is 0 Å². The fourth-order valence-corrected chi connectivity index (χ4v) is 4.68. The maximum atomic E-state index is 5.13. The van der Waals surface area contributed by atoms with E-state index in [0.717, 1.165) is 45.5 Å². The molecule has 5 rings (SSSR count). The minimum atomic E-state index is 0.686. The molecule has 5 heterocycles. The van der Waals surface area contributed by atoms with Crippen LogP contribution < -0.4 is 19.6 Å². The molecule has 254 valence electrons. The first-order valence-electron chi connectivity index (χ1n) is 16.2. The average Bonchev–Trinajstić information content (AvgIpc) is 3.12. The second-order valence-electron chi connectivity index (χ2n) is 12.4. The highest BCUT2D eigenvalue weighted by molar-refractivity contribution is 5.80. The number of rotatable bonds is 12. The third-order valence-corrected chi connectivity index (χ3v) is 7.80. The van der Waals surface area contributed by atoms with E-state index in [2.05, 4.69) is 19.9 Å². The SMILES string of the molecule is CN(C)c1ccc(C=Cc2nc(C=Cc3ccc(N(C)C)cn3)c(C=Cc3ccc(N(C)C)cn3)nc2C=Cc2ccc(N(C)C)cn2)nc1. The van der Waals surface area contributed by atoms with Gasteiger partial charge in [-0.1, -0.05) is 0 Å². The van der Waals surface area contributed by atoms with Crippen LogP contribution in [0, 0.1) is 0 Å². The molecule has 0 bridgehead atoms. The van der Waals surface area contributed by atoms with Crippen LogP contribution in [0.5, 0.6) is 0 Å². The number of pyridine rings is 4. The summed E-state index contributed by atoms with van der Waals surface area (Å²) in [5.74, 6) is 0. The summed E-state index contributed by atoms with van der Waals surface area (Å²) in [6, 6.07) is 16.1. The summed E-state index contributed by atoms with van der Waals surface area (Å²) in [4.78, 5) is 36.8. The summed E-state index contributed by atoms with van der Waals surface area (Å²) >= 11 is 0. The summed E-state index contributed by atoms with van der Waals surface area (Å²) in [7, 11) is 16.0. The average molecular weight is 665 g/mol. The van der Waals surface area contributed by atoms with Crippen molar-refractivity contribution in [2.45, 2.75) is 0 Å². The first kappa shape index (κ1) is 35.2. The molecule has 10 heteroatoms. The van der Waals surface area contributed by atoms with Crippen LogP contribution in [0.1, 0.15) is 45.6 Å². The van der Waals surface area contributed by atoms with Crippen LogP contribution in [0.15, 0.2) is 73.3 Å². The lowest BCUT2D eigenvalue weighted by Gasteiger charge is -2.11. The zero-order chi connectivity index (χ0) is 35.6. The van der Waals surface area contributed by atoms with Gasteiger partial charge in [-0.25, -0.2) is 9.97 Å². The van der Waals surface area contributed by atoms with Crippen LogP contribution in [0.4, 0.5) is 22.7 Å². The summed E-state index contributed by atoms with van der Waals surface area (Å²) in [6.07, 6.45) is 23.0. The van der Waals surface area contributed by atoms with Crippen molar-refractivity contribution in [3.05, 3.63) is 119 Å². The molecule has 10 nitrogen and oxygen atoms in total. The highest BCUT2D eigenvalue weighted by Crippen LogP contribution is 2.21. The Bertz CT molecular complexity index is 1680. The molecule has 0 saturated carbocycles. The molecular weight excluding hydrogens is 621 g/mol. The molecule has 0 aliphatic carbocycles. The summed E-state index contributed by atoms with van der Waals surface area (Å²) < 4.78 is 0. The highest BCUT2D eigenvalue weighted by atomic mass is 15.1. The summed E-state index contributed by atoms with van der Waals surface area (Å²) in [5.41, 5.74) is 10.1. The fraction of sp³-hybridized carbons (Fsp3) is 0.200. The Kier molecular flexibility index (Phi) is 11.5. The lowest BCUT2D eigenvalue weighted by molar-refractivity contribution is 1.10. The molecule has 0 fully saturated rings. The molecule has 0 radical (unpaired) electrons. The number of anilines is 4. The van der Waals surface area contributed by atoms with Crippen molar-refractivity contribution in [1.29, 1.82) is 0 Å². The second-order valence-corrected chi connectivity index (χ2v) is 12.4. The Morgan fingerprint density at radius 1 is 0.320 bits per heavy atom. The zero-order valence-electron chi connectivity index (χ0n) is 30.0. The second kappa shape index (κ2) is 16.3. The van der Waals surface area contributed by atoms with E-state index >= 15 is 0 Å². The zero-order valence-corrected chi connectivity index (χ0v) is 30.0. The molecule has 0 aliphatic rings. The molecule has 0 unspecified atom stereocenters. The van der Waals surface area contributed by atoms with Crippen molar-refractivity contribution >= 4 is 71.4 Å². The topological polar surface area (TPSA) is 90.3 Å². The molecule has 0 N–H and O–H groups in total. The third kappa shape index (κ3) is 9.47. The molecular formula is C40H44N10. The molecule has 0 spiro atoms. The van der Waals surface area contributed by atoms with Crippen LogP contribution >= 0.6 is 0 Å². The van der Waals surface area contributed by atoms with E-state index in [1.807, 2.05) is 198 Å². The van der Waals surface area contributed by atoms with Crippen LogP contribution in [-0.4, -0.2) is 86.3 Å². The summed E-state index contributed by atoms with van der Waals surface area (Å²) in [5, 5.41) is 0. The van der Waals surface area contributed by atoms with E-state index in [0.29, 0.717) is 22.8 Å². The largest absolute Gasteiger partial charge is 0.376 e. The number of nitrogens with zero attached hydrogens (tertiary/aromatic N) is 10. The number of hydrogen-bond acceptors (Lipinski definition) is 10. The maximum Gasteiger partial charge on any atom is 0.0895 e. The predicted octanol–water partition coefficient (Wildman–Crippen LogP) is 7.00. The van der Waals surface area contributed by atoms with Crippen molar-refractivity contribution in [3.8, 4) is 0 Å². The predicted molar refractivity (Wildman–Crippen MR) is 212 cm³/mol. The van der Waals surface area contributed by atoms with Crippen molar-refractivity contribution < 1.29 is 0 Å². The minimum absolute atomic E-state index is 0.686. The van der Waals surface area contributed by atoms with Gasteiger partial charge in [-0.05, 0) is 97.1 Å². The van der Waals surface area contributed by atoms with Crippen LogP contribution in [0.2, 0.25) is 0 Å². The molecule has 0 amide bonds. The van der Waals surface area contributed by atoms with E-state index in [-0.39, 0.29) is 0 Å². The quantitative estimate of drug-likeness (QED) is 0.139. The van der Waals surface area contributed by atoms with Crippen LogP contribution in [-0.2, 0) is 0 Å². The molecule has 5 aromatic heterocycles. The molecule has 50 heavy (non-hydrogen) atoms. The normalized spacial score (nSPS) is 11.7. The minimum Gasteiger partial charge on any atom is -0.376 e. The lowest BCUT2D eigenvalue weighted by atomic mass is 10.1. The van der Waals surface area contributed by atoms with Crippen LogP contribution in [0.25, 0.3) is 48.6 Å². The van der Waals surface area contributed by atoms with Gasteiger partial charge in [0.15, 0.2) is 0 Å². The maximum absolute atomic E-state index is 5.13. The van der Waals surface area contributed by atoms with E-state index in [9.17, 15) is 0 Å². The molecule has 0 saturated heterocycles. The van der Waals surface area contributed by atoms with Gasteiger partial charge in [0.05, 0.1) is 93.1 Å². The van der Waals surface area contributed by atoms with E-state index in [1.54, 1.807) is 0 Å². The first-order chi connectivity index (χ1) is 24.0. The molecule has 0 aliphatic heterocycles. The number of hydrogen-bond donors (Lipinski definition) is 0. The van der Waals surface area contributed by atoms with Crippen LogP contribution in [0.3, 0.4) is 0 Å². The Labute approximate surface area is 295 Å². The molecule has 0 atom stereocenters. The Balaban J connectivity index is 1.59. The first-order valence-corrected chi connectivity index (χ1v) is 16.2. The van der Waals surface area contributed by atoms with Crippen molar-refractivity contribution in [2.75, 3.05) is 76.0 Å². The smallest absolute Gasteiger partial charge is 0.0895 e. The van der Waals surface area contributed by atoms with E-state index in [4.69, 9.17) is 9.97 Å². The van der Waals surface area contributed by atoms with Gasteiger partial charge in [0.2, 0.25) is 0 Å². The van der Waals surface area contributed by atoms with E-state index < -0.39 is 0 Å². The highest BCUT2D eigenvalue weighted by Gasteiger charge is 2.09. The van der Waals surface area contributed by atoms with Gasteiger partial charge >= 0.3 is 0 Å². The Morgan fingerprint density at radius 2 is 0.540 bits per heavy atom. The van der Waals surface area contributed by atoms with Gasteiger partial charge in [-0.15, -0.1) is 0 Å². The Morgan fingerprint density at radius 3 is 0.700 bits per heavy atom. The van der Waals surface area contributed by atoms with E-state index in [1.165, 1.54) is 0 Å². The Hall–Kier alpha value is -6.16. The van der Waals surface area contributed by atoms with Crippen molar-refractivity contribution in [2.24, 2.45) is 0 Å². The van der Waals surface area contributed by atoms with Crippen molar-refractivity contribution in [1.82, 2.24) is 29.9 Å². The fourth-order valence-electron chi connectivity index (χ4n) is 4.68. The third-order valence-electron chi connectivity index (χ3n) is 7.80. The molecule has 0 aromatic carbocycles.